The lowest BCUT2D eigenvalue weighted by Gasteiger charge is -2.08. The smallest absolute Gasteiger partial charge is 0.336 e. The predicted molar refractivity (Wildman–Crippen MR) is 84.7 cm³/mol. The summed E-state index contributed by atoms with van der Waals surface area (Å²) in [5.41, 5.74) is -0.149. The van der Waals surface area contributed by atoms with Crippen molar-refractivity contribution in [2.24, 2.45) is 0 Å². The molecule has 0 aliphatic carbocycles. The summed E-state index contributed by atoms with van der Waals surface area (Å²) in [6.07, 6.45) is 0. The third-order valence-electron chi connectivity index (χ3n) is 3.42. The van der Waals surface area contributed by atoms with Crippen LogP contribution in [0.25, 0.3) is 10.9 Å². The van der Waals surface area contributed by atoms with Gasteiger partial charge in [0, 0.05) is 5.39 Å². The van der Waals surface area contributed by atoms with Gasteiger partial charge in [0.25, 0.3) is 5.91 Å². The number of carboxylic acids is 1. The lowest BCUT2D eigenvalue weighted by atomic mass is 10.1. The first kappa shape index (κ1) is 15.4. The van der Waals surface area contributed by atoms with Crippen molar-refractivity contribution >= 4 is 28.5 Å². The molecule has 1 aromatic heterocycles. The van der Waals surface area contributed by atoms with E-state index in [1.165, 1.54) is 42.5 Å². The first-order valence-electron chi connectivity index (χ1n) is 6.89. The number of nitrogens with one attached hydrogen (secondary N) is 1. The van der Waals surface area contributed by atoms with Crippen LogP contribution in [0, 0.1) is 5.82 Å². The molecular formula is C17H11FN2O4. The SMILES string of the molecule is O=C(Nc1ccccc1F)c1ccc2c(C(=O)O)ccc(O)c2n1. The van der Waals surface area contributed by atoms with Crippen LogP contribution in [0.1, 0.15) is 20.8 Å². The minimum absolute atomic E-state index is 0.00657. The molecular weight excluding hydrogens is 315 g/mol. The molecule has 0 atom stereocenters. The number of rotatable bonds is 3. The molecule has 0 radical (unpaired) electrons. The molecule has 0 aliphatic rings. The summed E-state index contributed by atoms with van der Waals surface area (Å²) in [4.78, 5) is 27.4. The fourth-order valence-corrected chi connectivity index (χ4v) is 2.26. The maximum atomic E-state index is 13.6. The van der Waals surface area contributed by atoms with E-state index >= 15 is 0 Å². The van der Waals surface area contributed by atoms with Crippen LogP contribution in [0.5, 0.6) is 5.75 Å². The number of carboxylic acid groups (broad SMARTS) is 1. The maximum Gasteiger partial charge on any atom is 0.336 e. The Hall–Kier alpha value is -3.48. The van der Waals surface area contributed by atoms with E-state index in [1.807, 2.05) is 0 Å². The molecule has 0 saturated heterocycles. The number of phenols is 1. The number of anilines is 1. The Morgan fingerprint density at radius 1 is 1.04 bits per heavy atom. The summed E-state index contributed by atoms with van der Waals surface area (Å²) in [6, 6.07) is 10.8. The molecule has 3 aromatic rings. The van der Waals surface area contributed by atoms with Crippen molar-refractivity contribution in [1.29, 1.82) is 0 Å². The lowest BCUT2D eigenvalue weighted by molar-refractivity contribution is 0.0699. The largest absolute Gasteiger partial charge is 0.506 e. The average Bonchev–Trinajstić information content (AvgIpc) is 2.56. The Morgan fingerprint density at radius 2 is 1.79 bits per heavy atom. The zero-order valence-electron chi connectivity index (χ0n) is 12.2. The number of halogens is 1. The van der Waals surface area contributed by atoms with Crippen LogP contribution in [-0.2, 0) is 0 Å². The van der Waals surface area contributed by atoms with Crippen molar-refractivity contribution < 1.29 is 24.2 Å². The second-order valence-electron chi connectivity index (χ2n) is 4.96. The van der Waals surface area contributed by atoms with Crippen LogP contribution in [0.15, 0.2) is 48.5 Å². The maximum absolute atomic E-state index is 13.6. The fraction of sp³-hybridized carbons (Fsp3) is 0. The van der Waals surface area contributed by atoms with Crippen LogP contribution < -0.4 is 5.32 Å². The van der Waals surface area contributed by atoms with E-state index < -0.39 is 17.7 Å². The van der Waals surface area contributed by atoms with E-state index in [2.05, 4.69) is 10.3 Å². The Labute approximate surface area is 135 Å². The molecule has 3 rings (SSSR count). The van der Waals surface area contributed by atoms with E-state index in [4.69, 9.17) is 5.11 Å². The van der Waals surface area contributed by atoms with Crippen LogP contribution in [-0.4, -0.2) is 27.1 Å². The number of benzene rings is 2. The number of aromatic hydroxyl groups is 1. The summed E-state index contributed by atoms with van der Waals surface area (Å²) in [6.45, 7) is 0. The van der Waals surface area contributed by atoms with Crippen molar-refractivity contribution in [2.45, 2.75) is 0 Å². The van der Waals surface area contributed by atoms with E-state index in [0.29, 0.717) is 0 Å². The van der Waals surface area contributed by atoms with Gasteiger partial charge in [-0.2, -0.15) is 0 Å². The molecule has 6 nitrogen and oxygen atoms in total. The molecule has 1 amide bonds. The highest BCUT2D eigenvalue weighted by molar-refractivity contribution is 6.07. The highest BCUT2D eigenvalue weighted by Crippen LogP contribution is 2.26. The molecule has 3 N–H and O–H groups in total. The number of aromatic carboxylic acids is 1. The summed E-state index contributed by atoms with van der Waals surface area (Å²) < 4.78 is 13.6. The molecule has 0 spiro atoms. The van der Waals surface area contributed by atoms with Gasteiger partial charge >= 0.3 is 5.97 Å². The van der Waals surface area contributed by atoms with Crippen molar-refractivity contribution in [3.63, 3.8) is 0 Å². The number of para-hydroxylation sites is 1. The molecule has 7 heteroatoms. The minimum Gasteiger partial charge on any atom is -0.506 e. The summed E-state index contributed by atoms with van der Waals surface area (Å²) in [5.74, 6) is -2.70. The van der Waals surface area contributed by atoms with Crippen molar-refractivity contribution in [3.05, 3.63) is 65.6 Å². The molecule has 0 unspecified atom stereocenters. The molecule has 1 heterocycles. The number of nitrogens with zero attached hydrogens (tertiary/aromatic N) is 1. The Bertz CT molecular complexity index is 972. The van der Waals surface area contributed by atoms with Gasteiger partial charge in [0.05, 0.1) is 11.3 Å². The van der Waals surface area contributed by atoms with E-state index in [9.17, 15) is 19.1 Å². The fourth-order valence-electron chi connectivity index (χ4n) is 2.26. The number of carbonyl (C=O) groups excluding carboxylic acids is 1. The van der Waals surface area contributed by atoms with Crippen LogP contribution in [0.3, 0.4) is 0 Å². The normalized spacial score (nSPS) is 10.5. The third-order valence-corrected chi connectivity index (χ3v) is 3.42. The topological polar surface area (TPSA) is 99.5 Å². The number of carbonyl (C=O) groups is 2. The average molecular weight is 326 g/mol. The van der Waals surface area contributed by atoms with Crippen LogP contribution >= 0.6 is 0 Å². The monoisotopic (exact) mass is 326 g/mol. The Morgan fingerprint density at radius 3 is 2.50 bits per heavy atom. The zero-order chi connectivity index (χ0) is 17.3. The van der Waals surface area contributed by atoms with Crippen LogP contribution in [0.4, 0.5) is 10.1 Å². The van der Waals surface area contributed by atoms with Gasteiger partial charge in [0.2, 0.25) is 0 Å². The first-order chi connectivity index (χ1) is 11.5. The summed E-state index contributed by atoms with van der Waals surface area (Å²) >= 11 is 0. The number of phenolic OH excluding ortho intramolecular Hbond substituents is 1. The molecule has 120 valence electrons. The Kier molecular flexibility index (Phi) is 3.83. The molecule has 0 bridgehead atoms. The van der Waals surface area contributed by atoms with E-state index in [1.54, 1.807) is 6.07 Å². The van der Waals surface area contributed by atoms with Gasteiger partial charge in [-0.15, -0.1) is 0 Å². The number of fused-ring (bicyclic) bond motifs is 1. The Balaban J connectivity index is 2.02. The van der Waals surface area contributed by atoms with Gasteiger partial charge in [-0.05, 0) is 36.4 Å². The minimum atomic E-state index is -1.18. The van der Waals surface area contributed by atoms with Crippen molar-refractivity contribution in [2.75, 3.05) is 5.32 Å². The second kappa shape index (κ2) is 5.96. The number of amides is 1. The number of aromatic nitrogens is 1. The van der Waals surface area contributed by atoms with Crippen LogP contribution in [0.2, 0.25) is 0 Å². The number of hydrogen-bond acceptors (Lipinski definition) is 4. The van der Waals surface area contributed by atoms with Crippen molar-refractivity contribution in [3.8, 4) is 5.75 Å². The highest BCUT2D eigenvalue weighted by Gasteiger charge is 2.16. The van der Waals surface area contributed by atoms with Gasteiger partial charge in [-0.3, -0.25) is 4.79 Å². The van der Waals surface area contributed by atoms with E-state index in [-0.39, 0.29) is 33.6 Å². The third kappa shape index (κ3) is 2.74. The van der Waals surface area contributed by atoms with Gasteiger partial charge in [-0.1, -0.05) is 12.1 Å². The van der Waals surface area contributed by atoms with Crippen molar-refractivity contribution in [1.82, 2.24) is 4.98 Å². The highest BCUT2D eigenvalue weighted by atomic mass is 19.1. The summed E-state index contributed by atoms with van der Waals surface area (Å²) in [5, 5.41) is 21.6. The first-order valence-corrected chi connectivity index (χ1v) is 6.89. The second-order valence-corrected chi connectivity index (χ2v) is 4.96. The molecule has 0 fully saturated rings. The quantitative estimate of drug-likeness (QED) is 0.687. The molecule has 0 aliphatic heterocycles. The molecule has 0 saturated carbocycles. The van der Waals surface area contributed by atoms with Gasteiger partial charge in [0.15, 0.2) is 0 Å². The standard InChI is InChI=1S/C17H11FN2O4/c18-11-3-1-2-4-12(11)20-16(22)13-7-5-9-10(17(23)24)6-8-14(21)15(9)19-13/h1-8,21H,(H,20,22)(H,23,24). The van der Waals surface area contributed by atoms with Gasteiger partial charge in [-0.25, -0.2) is 14.2 Å². The van der Waals surface area contributed by atoms with Gasteiger partial charge in [0.1, 0.15) is 22.8 Å². The predicted octanol–water partition coefficient (Wildman–Crippen LogP) is 3.03. The lowest BCUT2D eigenvalue weighted by Crippen LogP contribution is -2.14. The molecule has 2 aromatic carbocycles. The van der Waals surface area contributed by atoms with E-state index in [0.717, 1.165) is 0 Å². The summed E-state index contributed by atoms with van der Waals surface area (Å²) in [7, 11) is 0. The zero-order valence-corrected chi connectivity index (χ0v) is 12.2. The number of pyridine rings is 1. The number of hydrogen-bond donors (Lipinski definition) is 3. The molecule has 24 heavy (non-hydrogen) atoms. The van der Waals surface area contributed by atoms with Gasteiger partial charge < -0.3 is 15.5 Å².